The van der Waals surface area contributed by atoms with Gasteiger partial charge in [0.2, 0.25) is 11.6 Å². The maximum absolute atomic E-state index is 12.9. The zero-order valence-electron chi connectivity index (χ0n) is 16.8. The van der Waals surface area contributed by atoms with E-state index in [1.165, 1.54) is 16.4 Å². The summed E-state index contributed by atoms with van der Waals surface area (Å²) in [6.07, 6.45) is 0. The van der Waals surface area contributed by atoms with Crippen molar-refractivity contribution < 1.29 is 9.42 Å². The summed E-state index contributed by atoms with van der Waals surface area (Å²) in [4.78, 5) is 13.8. The maximum atomic E-state index is 12.9. The standard InChI is InChI=1S/C20H17ClN8O2S/c1-12(13-5-3-2-4-6-13)23-25-20(30)17-16(11-32-15-9-7-14(21)8-10-15)29(28-24-17)19-18(22)26-31-27-19/h2-10H,11H2,1H3,(H2,22,26)(H,25,30)/b23-12-. The predicted molar refractivity (Wildman–Crippen MR) is 121 cm³/mol. The van der Waals surface area contributed by atoms with Crippen molar-refractivity contribution in [1.82, 2.24) is 30.7 Å². The molecule has 0 saturated heterocycles. The maximum Gasteiger partial charge on any atom is 0.293 e. The molecule has 4 rings (SSSR count). The van der Waals surface area contributed by atoms with Crippen molar-refractivity contribution in [2.24, 2.45) is 5.10 Å². The Balaban J connectivity index is 1.60. The molecule has 10 nitrogen and oxygen atoms in total. The van der Waals surface area contributed by atoms with E-state index in [0.717, 1.165) is 10.5 Å². The van der Waals surface area contributed by atoms with Gasteiger partial charge in [-0.2, -0.15) is 9.78 Å². The van der Waals surface area contributed by atoms with Gasteiger partial charge in [-0.25, -0.2) is 10.1 Å². The van der Waals surface area contributed by atoms with Crippen LogP contribution in [0.5, 0.6) is 0 Å². The van der Waals surface area contributed by atoms with Gasteiger partial charge in [-0.3, -0.25) is 4.79 Å². The molecular weight excluding hydrogens is 452 g/mol. The Labute approximate surface area is 191 Å². The highest BCUT2D eigenvalue weighted by molar-refractivity contribution is 7.98. The molecule has 0 radical (unpaired) electrons. The number of benzene rings is 2. The van der Waals surface area contributed by atoms with Crippen LogP contribution in [0.4, 0.5) is 5.82 Å². The molecule has 0 spiro atoms. The highest BCUT2D eigenvalue weighted by atomic mass is 35.5. The molecule has 2 aromatic carbocycles. The lowest BCUT2D eigenvalue weighted by Crippen LogP contribution is -2.21. The molecule has 0 aliphatic rings. The van der Waals surface area contributed by atoms with Crippen molar-refractivity contribution in [3.63, 3.8) is 0 Å². The SMILES string of the molecule is C/C(=N/NC(=O)c1nnn(-c2nonc2N)c1CSc1ccc(Cl)cc1)c1ccccc1. The number of thioether (sulfide) groups is 1. The van der Waals surface area contributed by atoms with E-state index in [-0.39, 0.29) is 17.3 Å². The van der Waals surface area contributed by atoms with Gasteiger partial charge in [-0.15, -0.1) is 16.9 Å². The lowest BCUT2D eigenvalue weighted by atomic mass is 10.1. The van der Waals surface area contributed by atoms with Crippen LogP contribution in [0.1, 0.15) is 28.7 Å². The molecule has 0 aliphatic carbocycles. The first-order valence-electron chi connectivity index (χ1n) is 9.34. The second kappa shape index (κ2) is 9.62. The number of nitrogens with one attached hydrogen (secondary N) is 1. The van der Waals surface area contributed by atoms with Gasteiger partial charge in [-0.1, -0.05) is 47.1 Å². The molecule has 162 valence electrons. The summed E-state index contributed by atoms with van der Waals surface area (Å²) in [6.45, 7) is 1.80. The first-order chi connectivity index (χ1) is 15.5. The number of nitrogens with zero attached hydrogens (tertiary/aromatic N) is 6. The van der Waals surface area contributed by atoms with Gasteiger partial charge in [0, 0.05) is 15.7 Å². The number of nitrogens with two attached hydrogens (primary N) is 1. The third-order valence-electron chi connectivity index (χ3n) is 4.38. The highest BCUT2D eigenvalue weighted by Crippen LogP contribution is 2.27. The summed E-state index contributed by atoms with van der Waals surface area (Å²) in [5.74, 6) is -0.0107. The van der Waals surface area contributed by atoms with Crippen LogP contribution >= 0.6 is 23.4 Å². The number of hydrazone groups is 1. The van der Waals surface area contributed by atoms with Crippen molar-refractivity contribution in [3.8, 4) is 5.82 Å². The van der Waals surface area contributed by atoms with E-state index in [0.29, 0.717) is 22.2 Å². The Morgan fingerprint density at radius 1 is 1.19 bits per heavy atom. The van der Waals surface area contributed by atoms with Crippen LogP contribution in [0.3, 0.4) is 0 Å². The van der Waals surface area contributed by atoms with Crippen LogP contribution in [-0.2, 0) is 5.75 Å². The van der Waals surface area contributed by atoms with Gasteiger partial charge in [-0.05, 0) is 47.1 Å². The Hall–Kier alpha value is -3.70. The topological polar surface area (TPSA) is 137 Å². The average Bonchev–Trinajstić information content (AvgIpc) is 3.43. The fraction of sp³-hybridized carbons (Fsp3) is 0.100. The number of hydrogen-bond donors (Lipinski definition) is 2. The minimum absolute atomic E-state index is 0.0255. The minimum Gasteiger partial charge on any atom is -0.378 e. The number of anilines is 1. The second-order valence-corrected chi connectivity index (χ2v) is 8.00. The molecule has 12 heteroatoms. The van der Waals surface area contributed by atoms with Crippen molar-refractivity contribution in [3.05, 3.63) is 76.6 Å². The van der Waals surface area contributed by atoms with E-state index >= 15 is 0 Å². The van der Waals surface area contributed by atoms with E-state index < -0.39 is 5.91 Å². The van der Waals surface area contributed by atoms with Crippen LogP contribution < -0.4 is 11.2 Å². The van der Waals surface area contributed by atoms with Crippen molar-refractivity contribution in [2.75, 3.05) is 5.73 Å². The number of aromatic nitrogens is 5. The van der Waals surface area contributed by atoms with Gasteiger partial charge in [0.25, 0.3) is 5.91 Å². The van der Waals surface area contributed by atoms with E-state index in [1.54, 1.807) is 19.1 Å². The van der Waals surface area contributed by atoms with Gasteiger partial charge in [0.05, 0.1) is 11.4 Å². The molecule has 0 saturated carbocycles. The fourth-order valence-electron chi connectivity index (χ4n) is 2.73. The van der Waals surface area contributed by atoms with E-state index in [1.807, 2.05) is 42.5 Å². The Kier molecular flexibility index (Phi) is 6.47. The first kappa shape index (κ1) is 21.5. The smallest absolute Gasteiger partial charge is 0.293 e. The van der Waals surface area contributed by atoms with Crippen molar-refractivity contribution >= 4 is 40.8 Å². The Morgan fingerprint density at radius 2 is 1.94 bits per heavy atom. The molecule has 1 amide bonds. The van der Waals surface area contributed by atoms with Crippen LogP contribution in [0, 0.1) is 0 Å². The zero-order valence-corrected chi connectivity index (χ0v) is 18.3. The lowest BCUT2D eigenvalue weighted by Gasteiger charge is -2.06. The number of amides is 1. The number of nitrogen functional groups attached to an aromatic ring is 1. The second-order valence-electron chi connectivity index (χ2n) is 6.52. The summed E-state index contributed by atoms with van der Waals surface area (Å²) in [5, 5.41) is 20.2. The molecular formula is C20H17ClN8O2S. The Morgan fingerprint density at radius 3 is 2.62 bits per heavy atom. The van der Waals surface area contributed by atoms with Gasteiger partial charge >= 0.3 is 0 Å². The molecule has 0 fully saturated rings. The highest BCUT2D eigenvalue weighted by Gasteiger charge is 2.24. The zero-order chi connectivity index (χ0) is 22.5. The summed E-state index contributed by atoms with van der Waals surface area (Å²) in [7, 11) is 0. The van der Waals surface area contributed by atoms with E-state index in [2.05, 4.69) is 35.8 Å². The molecule has 4 aromatic rings. The average molecular weight is 469 g/mol. The summed E-state index contributed by atoms with van der Waals surface area (Å²) < 4.78 is 6.00. The third kappa shape index (κ3) is 4.79. The van der Waals surface area contributed by atoms with Gasteiger partial charge in [0.15, 0.2) is 5.69 Å². The van der Waals surface area contributed by atoms with Crippen molar-refractivity contribution in [2.45, 2.75) is 17.6 Å². The number of rotatable bonds is 7. The van der Waals surface area contributed by atoms with E-state index in [9.17, 15) is 4.79 Å². The first-order valence-corrected chi connectivity index (χ1v) is 10.7. The molecule has 2 heterocycles. The molecule has 3 N–H and O–H groups in total. The monoisotopic (exact) mass is 468 g/mol. The van der Waals surface area contributed by atoms with Crippen molar-refractivity contribution in [1.29, 1.82) is 0 Å². The predicted octanol–water partition coefficient (Wildman–Crippen LogP) is 3.33. The number of carbonyl (C=O) groups excluding carboxylic acids is 1. The third-order valence-corrected chi connectivity index (χ3v) is 5.66. The van der Waals surface area contributed by atoms with E-state index in [4.69, 9.17) is 17.3 Å². The van der Waals surface area contributed by atoms with Crippen LogP contribution in [0.2, 0.25) is 5.02 Å². The fourth-order valence-corrected chi connectivity index (χ4v) is 3.75. The summed E-state index contributed by atoms with van der Waals surface area (Å²) in [6, 6.07) is 16.8. The number of carbonyl (C=O) groups is 1. The van der Waals surface area contributed by atoms with Gasteiger partial charge in [0.1, 0.15) is 0 Å². The minimum atomic E-state index is -0.520. The molecule has 0 bridgehead atoms. The normalized spacial score (nSPS) is 11.5. The summed E-state index contributed by atoms with van der Waals surface area (Å²) >= 11 is 7.42. The quantitative estimate of drug-likeness (QED) is 0.239. The summed E-state index contributed by atoms with van der Waals surface area (Å²) in [5.41, 5.74) is 10.4. The van der Waals surface area contributed by atoms with Gasteiger partial charge < -0.3 is 5.73 Å². The van der Waals surface area contributed by atoms with Crippen LogP contribution in [0.25, 0.3) is 5.82 Å². The molecule has 32 heavy (non-hydrogen) atoms. The molecule has 0 unspecified atom stereocenters. The molecule has 2 aromatic heterocycles. The largest absolute Gasteiger partial charge is 0.378 e. The molecule has 0 aliphatic heterocycles. The lowest BCUT2D eigenvalue weighted by molar-refractivity contribution is 0.0949. The van der Waals surface area contributed by atoms with Crippen LogP contribution in [-0.4, -0.2) is 36.9 Å². The number of halogens is 1. The van der Waals surface area contributed by atoms with Crippen LogP contribution in [0.15, 0.2) is 69.2 Å². The Bertz CT molecular complexity index is 1250. The number of hydrogen-bond acceptors (Lipinski definition) is 9. The molecule has 0 atom stereocenters.